The van der Waals surface area contributed by atoms with E-state index in [0.29, 0.717) is 38.3 Å². The average molecular weight is 475 g/mol. The van der Waals surface area contributed by atoms with Gasteiger partial charge in [0.2, 0.25) is 10.0 Å². The molecule has 2 aromatic carbocycles. The van der Waals surface area contributed by atoms with E-state index in [2.05, 4.69) is 4.90 Å². The molecule has 0 saturated carbocycles. The van der Waals surface area contributed by atoms with E-state index in [0.717, 1.165) is 25.4 Å². The molecule has 0 spiro atoms. The minimum Gasteiger partial charge on any atom is -0.492 e. The summed E-state index contributed by atoms with van der Waals surface area (Å²) >= 11 is 1.63. The molecule has 1 amide bonds. The number of sulfonamides is 1. The number of nitrogens with zero attached hydrogens (tertiary/aromatic N) is 4. The minimum atomic E-state index is -3.51. The van der Waals surface area contributed by atoms with Crippen LogP contribution in [0.25, 0.3) is 10.2 Å². The number of thiazole rings is 1. The summed E-state index contributed by atoms with van der Waals surface area (Å²) in [6.45, 7) is 5.06. The molecule has 4 rings (SSSR count). The average Bonchev–Trinajstić information content (AvgIpc) is 3.24. The number of aromatic nitrogens is 1. The number of carbonyl (C=O) groups excluding carboxylic acids is 1. The molecule has 0 aliphatic carbocycles. The summed E-state index contributed by atoms with van der Waals surface area (Å²) in [4.78, 5) is 21.9. The number of anilines is 1. The van der Waals surface area contributed by atoms with E-state index in [1.165, 1.54) is 26.2 Å². The molecule has 3 aromatic rings. The highest BCUT2D eigenvalue weighted by Crippen LogP contribution is 2.34. The lowest BCUT2D eigenvalue weighted by atomic mass is 10.2. The Labute approximate surface area is 192 Å². The maximum atomic E-state index is 12.9. The fraction of sp³-hybridized carbons (Fsp3) is 0.364. The van der Waals surface area contributed by atoms with Gasteiger partial charge in [0, 0.05) is 45.8 Å². The monoisotopic (exact) mass is 474 g/mol. The normalized spacial score (nSPS) is 14.9. The second-order valence-electron chi connectivity index (χ2n) is 7.62. The number of fused-ring (bicyclic) bond motifs is 1. The van der Waals surface area contributed by atoms with Gasteiger partial charge in [-0.25, -0.2) is 17.7 Å². The molecular weight excluding hydrogens is 448 g/mol. The highest BCUT2D eigenvalue weighted by atomic mass is 32.2. The zero-order valence-corrected chi connectivity index (χ0v) is 19.9. The van der Waals surface area contributed by atoms with Gasteiger partial charge in [0.25, 0.3) is 5.91 Å². The lowest BCUT2D eigenvalue weighted by Crippen LogP contribution is -2.48. The fourth-order valence-electron chi connectivity index (χ4n) is 3.58. The first-order chi connectivity index (χ1) is 15.3. The van der Waals surface area contributed by atoms with Gasteiger partial charge in [-0.1, -0.05) is 17.4 Å². The van der Waals surface area contributed by atoms with Crippen molar-refractivity contribution in [1.82, 2.24) is 14.2 Å². The SMILES string of the molecule is CCOc1cccc2sc(N3CCN(C(=O)c4ccc(S(=O)(=O)N(C)C)cc4)CC3)nc12. The van der Waals surface area contributed by atoms with Crippen LogP contribution in [-0.4, -0.2) is 75.4 Å². The molecule has 1 fully saturated rings. The molecule has 170 valence electrons. The van der Waals surface area contributed by atoms with E-state index in [1.54, 1.807) is 28.4 Å². The maximum absolute atomic E-state index is 12.9. The molecule has 1 aromatic heterocycles. The largest absolute Gasteiger partial charge is 0.492 e. The van der Waals surface area contributed by atoms with Crippen LogP contribution in [0.3, 0.4) is 0 Å². The molecule has 0 atom stereocenters. The summed E-state index contributed by atoms with van der Waals surface area (Å²) in [5.74, 6) is 0.697. The summed E-state index contributed by atoms with van der Waals surface area (Å²) < 4.78 is 32.4. The van der Waals surface area contributed by atoms with Gasteiger partial charge in [-0.3, -0.25) is 4.79 Å². The molecule has 1 aliphatic rings. The lowest BCUT2D eigenvalue weighted by molar-refractivity contribution is 0.0746. The summed E-state index contributed by atoms with van der Waals surface area (Å²) in [6, 6.07) is 12.1. The third-order valence-electron chi connectivity index (χ3n) is 5.39. The van der Waals surface area contributed by atoms with Crippen LogP contribution < -0.4 is 9.64 Å². The fourth-order valence-corrected chi connectivity index (χ4v) is 5.52. The number of ether oxygens (including phenoxy) is 1. The molecule has 1 saturated heterocycles. The van der Waals surface area contributed by atoms with Crippen LogP contribution >= 0.6 is 11.3 Å². The molecule has 8 nitrogen and oxygen atoms in total. The summed E-state index contributed by atoms with van der Waals surface area (Å²) in [7, 11) is -0.547. The number of carbonyl (C=O) groups is 1. The molecule has 10 heteroatoms. The van der Waals surface area contributed by atoms with Crippen LogP contribution in [0.4, 0.5) is 5.13 Å². The van der Waals surface area contributed by atoms with Crippen LogP contribution in [0.5, 0.6) is 5.75 Å². The smallest absolute Gasteiger partial charge is 0.253 e. The highest BCUT2D eigenvalue weighted by Gasteiger charge is 2.25. The van der Waals surface area contributed by atoms with Crippen molar-refractivity contribution in [1.29, 1.82) is 0 Å². The van der Waals surface area contributed by atoms with E-state index < -0.39 is 10.0 Å². The maximum Gasteiger partial charge on any atom is 0.253 e. The minimum absolute atomic E-state index is 0.0959. The molecule has 1 aliphatic heterocycles. The molecule has 0 radical (unpaired) electrons. The molecule has 2 heterocycles. The van der Waals surface area contributed by atoms with E-state index in [4.69, 9.17) is 9.72 Å². The van der Waals surface area contributed by atoms with Gasteiger partial charge in [-0.05, 0) is 43.3 Å². The summed E-state index contributed by atoms with van der Waals surface area (Å²) in [6.07, 6.45) is 0. The number of amides is 1. The molecular formula is C22H26N4O4S2. The predicted molar refractivity (Wildman–Crippen MR) is 126 cm³/mol. The van der Waals surface area contributed by atoms with Crippen molar-refractivity contribution >= 4 is 42.6 Å². The zero-order chi connectivity index (χ0) is 22.9. The van der Waals surface area contributed by atoms with Crippen LogP contribution in [0.2, 0.25) is 0 Å². The highest BCUT2D eigenvalue weighted by molar-refractivity contribution is 7.89. The van der Waals surface area contributed by atoms with Gasteiger partial charge in [0.1, 0.15) is 11.3 Å². The Morgan fingerprint density at radius 2 is 1.78 bits per heavy atom. The molecule has 32 heavy (non-hydrogen) atoms. The van der Waals surface area contributed by atoms with Crippen LogP contribution in [0.1, 0.15) is 17.3 Å². The molecule has 0 unspecified atom stereocenters. The quantitative estimate of drug-likeness (QED) is 0.546. The number of para-hydroxylation sites is 1. The number of benzene rings is 2. The first kappa shape index (κ1) is 22.5. The number of hydrogen-bond donors (Lipinski definition) is 0. The van der Waals surface area contributed by atoms with Crippen LogP contribution in [0.15, 0.2) is 47.4 Å². The topological polar surface area (TPSA) is 83.0 Å². The second kappa shape index (κ2) is 9.05. The Balaban J connectivity index is 1.43. The predicted octanol–water partition coefficient (Wildman–Crippen LogP) is 2.91. The van der Waals surface area contributed by atoms with Crippen LogP contribution in [-0.2, 0) is 10.0 Å². The Bertz CT molecular complexity index is 1210. The van der Waals surface area contributed by atoms with Gasteiger partial charge >= 0.3 is 0 Å². The number of piperazine rings is 1. The van der Waals surface area contributed by atoms with Crippen molar-refractivity contribution in [3.63, 3.8) is 0 Å². The third kappa shape index (κ3) is 4.30. The van der Waals surface area contributed by atoms with Gasteiger partial charge in [-0.2, -0.15) is 0 Å². The molecule has 0 N–H and O–H groups in total. The first-order valence-electron chi connectivity index (χ1n) is 10.4. The first-order valence-corrected chi connectivity index (χ1v) is 12.7. The van der Waals surface area contributed by atoms with Gasteiger partial charge in [0.15, 0.2) is 5.13 Å². The number of rotatable bonds is 6. The van der Waals surface area contributed by atoms with Crippen molar-refractivity contribution in [2.75, 3.05) is 51.8 Å². The van der Waals surface area contributed by atoms with E-state index in [9.17, 15) is 13.2 Å². The summed E-state index contributed by atoms with van der Waals surface area (Å²) in [5.41, 5.74) is 1.36. The van der Waals surface area contributed by atoms with Crippen molar-refractivity contribution in [3.8, 4) is 5.75 Å². The Kier molecular flexibility index (Phi) is 6.36. The van der Waals surface area contributed by atoms with E-state index in [-0.39, 0.29) is 10.8 Å². The van der Waals surface area contributed by atoms with E-state index in [1.807, 2.05) is 25.1 Å². The Morgan fingerprint density at radius 3 is 2.41 bits per heavy atom. The second-order valence-corrected chi connectivity index (χ2v) is 10.8. The van der Waals surface area contributed by atoms with Crippen LogP contribution in [0, 0.1) is 0 Å². The summed E-state index contributed by atoms with van der Waals surface area (Å²) in [5, 5.41) is 0.928. The third-order valence-corrected chi connectivity index (χ3v) is 8.30. The van der Waals surface area contributed by atoms with Gasteiger partial charge in [-0.15, -0.1) is 0 Å². The van der Waals surface area contributed by atoms with Crippen molar-refractivity contribution in [2.45, 2.75) is 11.8 Å². The molecule has 0 bridgehead atoms. The van der Waals surface area contributed by atoms with Crippen molar-refractivity contribution < 1.29 is 17.9 Å². The lowest BCUT2D eigenvalue weighted by Gasteiger charge is -2.34. The number of hydrogen-bond acceptors (Lipinski definition) is 7. The van der Waals surface area contributed by atoms with Gasteiger partial charge in [0.05, 0.1) is 16.2 Å². The van der Waals surface area contributed by atoms with E-state index >= 15 is 0 Å². The standard InChI is InChI=1S/C22H26N4O4S2/c1-4-30-18-6-5-7-19-20(18)23-22(31-19)26-14-12-25(13-15-26)21(27)16-8-10-17(11-9-16)32(28,29)24(2)3/h5-11H,4,12-15H2,1-3H3. The Morgan fingerprint density at radius 1 is 1.09 bits per heavy atom. The van der Waals surface area contributed by atoms with Crippen molar-refractivity contribution in [3.05, 3.63) is 48.0 Å². The Hall–Kier alpha value is -2.69. The van der Waals surface area contributed by atoms with Crippen molar-refractivity contribution in [2.24, 2.45) is 0 Å². The van der Waals surface area contributed by atoms with Gasteiger partial charge < -0.3 is 14.5 Å². The zero-order valence-electron chi connectivity index (χ0n) is 18.3.